The minimum absolute atomic E-state index is 0.0895. The van der Waals surface area contributed by atoms with E-state index in [-0.39, 0.29) is 17.6 Å². The number of aliphatic hydroxyl groups is 1. The summed E-state index contributed by atoms with van der Waals surface area (Å²) < 4.78 is 26.0. The first-order valence-corrected chi connectivity index (χ1v) is 9.69. The third-order valence-corrected chi connectivity index (χ3v) is 6.59. The van der Waals surface area contributed by atoms with E-state index in [2.05, 4.69) is 0 Å². The minimum atomic E-state index is -3.17. The van der Waals surface area contributed by atoms with Crippen molar-refractivity contribution in [3.05, 3.63) is 34.9 Å². The first-order valence-electron chi connectivity index (χ1n) is 7.71. The average Bonchev–Trinajstić information content (AvgIpc) is 2.46. The van der Waals surface area contributed by atoms with Gasteiger partial charge < -0.3 is 5.11 Å². The molecule has 1 unspecified atom stereocenters. The maximum absolute atomic E-state index is 12.2. The van der Waals surface area contributed by atoms with E-state index in [0.717, 1.165) is 5.56 Å². The molecule has 1 N–H and O–H groups in total. The van der Waals surface area contributed by atoms with Gasteiger partial charge >= 0.3 is 0 Å². The van der Waals surface area contributed by atoms with Gasteiger partial charge in [-0.2, -0.15) is 0 Å². The summed E-state index contributed by atoms with van der Waals surface area (Å²) in [5.74, 6) is 0.409. The number of sulfonamides is 1. The third kappa shape index (κ3) is 4.44. The molecule has 0 bridgehead atoms. The molecule has 1 aliphatic heterocycles. The van der Waals surface area contributed by atoms with Gasteiger partial charge in [0.15, 0.2) is 0 Å². The van der Waals surface area contributed by atoms with Crippen LogP contribution in [0, 0.1) is 11.8 Å². The normalized spacial score (nSPS) is 19.5. The van der Waals surface area contributed by atoms with Crippen LogP contribution in [0.4, 0.5) is 0 Å². The Morgan fingerprint density at radius 1 is 1.23 bits per heavy atom. The van der Waals surface area contributed by atoms with Crippen molar-refractivity contribution in [3.8, 4) is 0 Å². The van der Waals surface area contributed by atoms with Crippen molar-refractivity contribution in [2.75, 3.05) is 18.8 Å². The molecule has 6 heteroatoms. The Morgan fingerprint density at radius 2 is 1.77 bits per heavy atom. The van der Waals surface area contributed by atoms with E-state index in [1.165, 1.54) is 0 Å². The monoisotopic (exact) mass is 345 g/mol. The number of aliphatic hydroxyl groups excluding tert-OH is 1. The van der Waals surface area contributed by atoms with Crippen molar-refractivity contribution in [3.63, 3.8) is 0 Å². The Kier molecular flexibility index (Phi) is 5.88. The Balaban J connectivity index is 1.95. The van der Waals surface area contributed by atoms with Crippen LogP contribution in [0.3, 0.4) is 0 Å². The zero-order valence-corrected chi connectivity index (χ0v) is 14.6. The van der Waals surface area contributed by atoms with E-state index in [4.69, 9.17) is 11.6 Å². The lowest BCUT2D eigenvalue weighted by molar-refractivity contribution is 0.0760. The van der Waals surface area contributed by atoms with E-state index in [1.807, 2.05) is 26.0 Å². The van der Waals surface area contributed by atoms with E-state index in [1.54, 1.807) is 16.4 Å². The van der Waals surface area contributed by atoms with Crippen molar-refractivity contribution in [2.24, 2.45) is 11.8 Å². The average molecular weight is 346 g/mol. The topological polar surface area (TPSA) is 57.6 Å². The zero-order valence-electron chi connectivity index (χ0n) is 13.1. The Labute approximate surface area is 138 Å². The molecule has 0 amide bonds. The summed E-state index contributed by atoms with van der Waals surface area (Å²) in [5, 5.41) is 11.1. The van der Waals surface area contributed by atoms with Crippen LogP contribution >= 0.6 is 11.6 Å². The summed E-state index contributed by atoms with van der Waals surface area (Å²) in [7, 11) is -3.17. The van der Waals surface area contributed by atoms with Gasteiger partial charge in [-0.3, -0.25) is 0 Å². The van der Waals surface area contributed by atoms with Gasteiger partial charge in [0.25, 0.3) is 0 Å². The number of benzene rings is 1. The molecule has 1 atom stereocenters. The molecule has 4 nitrogen and oxygen atoms in total. The highest BCUT2D eigenvalue weighted by molar-refractivity contribution is 7.89. The maximum Gasteiger partial charge on any atom is 0.214 e. The summed E-state index contributed by atoms with van der Waals surface area (Å²) in [6.45, 7) is 4.80. The van der Waals surface area contributed by atoms with Gasteiger partial charge in [0.2, 0.25) is 10.0 Å². The van der Waals surface area contributed by atoms with Gasteiger partial charge in [0, 0.05) is 18.1 Å². The molecule has 0 aliphatic carbocycles. The maximum atomic E-state index is 12.2. The number of halogens is 1. The van der Waals surface area contributed by atoms with Crippen molar-refractivity contribution < 1.29 is 13.5 Å². The molecule has 22 heavy (non-hydrogen) atoms. The minimum Gasteiger partial charge on any atom is -0.388 e. The van der Waals surface area contributed by atoms with Crippen LogP contribution in [0.5, 0.6) is 0 Å². The van der Waals surface area contributed by atoms with Crippen LogP contribution in [0.1, 0.15) is 38.4 Å². The highest BCUT2D eigenvalue weighted by atomic mass is 35.5. The second kappa shape index (κ2) is 7.30. The first kappa shape index (κ1) is 17.7. The molecule has 1 saturated heterocycles. The molecular weight excluding hydrogens is 322 g/mol. The van der Waals surface area contributed by atoms with Crippen molar-refractivity contribution >= 4 is 21.6 Å². The molecule has 2 rings (SSSR count). The predicted octanol–water partition coefficient (Wildman–Crippen LogP) is 3.07. The van der Waals surface area contributed by atoms with Gasteiger partial charge in [-0.25, -0.2) is 12.7 Å². The van der Waals surface area contributed by atoms with E-state index < -0.39 is 16.1 Å². The van der Waals surface area contributed by atoms with E-state index in [9.17, 15) is 13.5 Å². The molecule has 0 aromatic heterocycles. The summed E-state index contributed by atoms with van der Waals surface area (Å²) in [4.78, 5) is 0. The predicted molar refractivity (Wildman–Crippen MR) is 89.3 cm³/mol. The van der Waals surface area contributed by atoms with Crippen molar-refractivity contribution in [1.29, 1.82) is 0 Å². The number of piperidine rings is 1. The summed E-state index contributed by atoms with van der Waals surface area (Å²) in [5.41, 5.74) is 0.841. The summed E-state index contributed by atoms with van der Waals surface area (Å²) in [6, 6.07) is 7.19. The van der Waals surface area contributed by atoms with Crippen LogP contribution in [0.2, 0.25) is 5.02 Å². The van der Waals surface area contributed by atoms with Gasteiger partial charge in [0.1, 0.15) is 0 Å². The summed E-state index contributed by atoms with van der Waals surface area (Å²) in [6.07, 6.45) is 0.801. The van der Waals surface area contributed by atoms with Crippen LogP contribution < -0.4 is 0 Å². The number of hydrogen-bond acceptors (Lipinski definition) is 3. The zero-order chi connectivity index (χ0) is 16.3. The molecule has 1 aromatic rings. The number of hydrogen-bond donors (Lipinski definition) is 1. The second-order valence-electron chi connectivity index (χ2n) is 6.41. The second-order valence-corrected chi connectivity index (χ2v) is 8.86. The largest absolute Gasteiger partial charge is 0.388 e. The fourth-order valence-corrected chi connectivity index (χ4v) is 4.87. The van der Waals surface area contributed by atoms with E-state index in [0.29, 0.717) is 31.0 Å². The molecule has 0 saturated carbocycles. The SMILES string of the molecule is CC(C)CS(=O)(=O)N1CCC(C(O)c2ccc(Cl)cc2)CC1. The number of rotatable bonds is 5. The van der Waals surface area contributed by atoms with Gasteiger partial charge in [-0.05, 0) is 42.4 Å². The van der Waals surface area contributed by atoms with Gasteiger partial charge in [-0.1, -0.05) is 37.6 Å². The Morgan fingerprint density at radius 3 is 2.27 bits per heavy atom. The number of nitrogens with zero attached hydrogens (tertiary/aromatic N) is 1. The molecular formula is C16H24ClNO3S. The lowest BCUT2D eigenvalue weighted by Gasteiger charge is -2.34. The van der Waals surface area contributed by atoms with Crippen LogP contribution in [0.25, 0.3) is 0 Å². The molecule has 1 aliphatic rings. The highest BCUT2D eigenvalue weighted by Gasteiger charge is 2.31. The highest BCUT2D eigenvalue weighted by Crippen LogP contribution is 2.32. The lowest BCUT2D eigenvalue weighted by atomic mass is 9.88. The van der Waals surface area contributed by atoms with Crippen LogP contribution in [0.15, 0.2) is 24.3 Å². The molecule has 1 aromatic carbocycles. The van der Waals surface area contributed by atoms with Gasteiger partial charge in [-0.15, -0.1) is 0 Å². The Hall–Kier alpha value is -0.620. The molecule has 1 heterocycles. The first-order chi connectivity index (χ1) is 10.3. The summed E-state index contributed by atoms with van der Waals surface area (Å²) >= 11 is 5.86. The smallest absolute Gasteiger partial charge is 0.214 e. The quantitative estimate of drug-likeness (QED) is 0.892. The van der Waals surface area contributed by atoms with Gasteiger partial charge in [0.05, 0.1) is 11.9 Å². The molecule has 0 spiro atoms. The lowest BCUT2D eigenvalue weighted by Crippen LogP contribution is -2.41. The van der Waals surface area contributed by atoms with Crippen LogP contribution in [-0.2, 0) is 10.0 Å². The third-order valence-electron chi connectivity index (χ3n) is 4.09. The fraction of sp³-hybridized carbons (Fsp3) is 0.625. The fourth-order valence-electron chi connectivity index (χ4n) is 2.93. The molecule has 124 valence electrons. The van der Waals surface area contributed by atoms with E-state index >= 15 is 0 Å². The van der Waals surface area contributed by atoms with Crippen LogP contribution in [-0.4, -0.2) is 36.7 Å². The molecule has 0 radical (unpaired) electrons. The van der Waals surface area contributed by atoms with Crippen molar-refractivity contribution in [2.45, 2.75) is 32.8 Å². The molecule has 1 fully saturated rings. The van der Waals surface area contributed by atoms with Crippen molar-refractivity contribution in [1.82, 2.24) is 4.31 Å². The Bertz CT molecular complexity index is 578. The standard InChI is InChI=1S/C16H24ClNO3S/c1-12(2)11-22(20,21)18-9-7-14(8-10-18)16(19)13-3-5-15(17)6-4-13/h3-6,12,14,16,19H,7-11H2,1-2H3.